The van der Waals surface area contributed by atoms with Crippen molar-refractivity contribution in [1.29, 1.82) is 0 Å². The van der Waals surface area contributed by atoms with Crippen molar-refractivity contribution < 1.29 is 0 Å². The van der Waals surface area contributed by atoms with Gasteiger partial charge in [0.05, 0.1) is 11.6 Å². The molecule has 1 unspecified atom stereocenters. The number of rotatable bonds is 2. The third kappa shape index (κ3) is 2.28. The summed E-state index contributed by atoms with van der Waals surface area (Å²) in [6, 6.07) is 15.8. The van der Waals surface area contributed by atoms with Gasteiger partial charge in [-0.05, 0) is 41.8 Å². The second-order valence-electron chi connectivity index (χ2n) is 4.90. The van der Waals surface area contributed by atoms with E-state index in [-0.39, 0.29) is 6.04 Å². The number of benzene rings is 2. The standard InChI is InChI=1S/C17H15ClN2/c1-11-7-8-12(10-15(11)18)17(19)14-4-2-6-16-13(14)5-3-9-20-16/h2-10,17H,19H2,1H3. The molecular formula is C17H15ClN2. The minimum Gasteiger partial charge on any atom is -0.320 e. The highest BCUT2D eigenvalue weighted by Gasteiger charge is 2.13. The molecule has 2 aromatic carbocycles. The molecule has 3 aromatic rings. The fourth-order valence-corrected chi connectivity index (χ4v) is 2.57. The topological polar surface area (TPSA) is 38.9 Å². The Kier molecular flexibility index (Phi) is 3.43. The molecule has 0 aliphatic rings. The Morgan fingerprint density at radius 3 is 2.75 bits per heavy atom. The predicted octanol–water partition coefficient (Wildman–Crippen LogP) is 4.24. The van der Waals surface area contributed by atoms with Gasteiger partial charge in [-0.2, -0.15) is 0 Å². The number of hydrogen-bond donors (Lipinski definition) is 1. The molecule has 2 nitrogen and oxygen atoms in total. The summed E-state index contributed by atoms with van der Waals surface area (Å²) in [6.45, 7) is 1.99. The van der Waals surface area contributed by atoms with Gasteiger partial charge in [-0.15, -0.1) is 0 Å². The molecule has 0 aliphatic carbocycles. The molecule has 0 radical (unpaired) electrons. The van der Waals surface area contributed by atoms with Crippen LogP contribution in [-0.4, -0.2) is 4.98 Å². The summed E-state index contributed by atoms with van der Waals surface area (Å²) in [5.74, 6) is 0. The van der Waals surface area contributed by atoms with Crippen LogP contribution in [0.15, 0.2) is 54.7 Å². The number of fused-ring (bicyclic) bond motifs is 1. The van der Waals surface area contributed by atoms with Crippen molar-refractivity contribution in [2.45, 2.75) is 13.0 Å². The Morgan fingerprint density at radius 1 is 1.10 bits per heavy atom. The van der Waals surface area contributed by atoms with E-state index in [0.717, 1.165) is 32.6 Å². The zero-order valence-corrected chi connectivity index (χ0v) is 11.9. The van der Waals surface area contributed by atoms with Crippen molar-refractivity contribution in [3.63, 3.8) is 0 Å². The van der Waals surface area contributed by atoms with Crippen LogP contribution in [0.4, 0.5) is 0 Å². The van der Waals surface area contributed by atoms with Crippen LogP contribution in [-0.2, 0) is 0 Å². The Bertz CT molecular complexity index is 763. The molecule has 0 fully saturated rings. The lowest BCUT2D eigenvalue weighted by Gasteiger charge is -2.15. The summed E-state index contributed by atoms with van der Waals surface area (Å²) in [5.41, 5.74) is 10.5. The highest BCUT2D eigenvalue weighted by Crippen LogP contribution is 2.28. The first kappa shape index (κ1) is 13.1. The lowest BCUT2D eigenvalue weighted by molar-refractivity contribution is 0.879. The van der Waals surface area contributed by atoms with Crippen molar-refractivity contribution in [1.82, 2.24) is 4.98 Å². The zero-order chi connectivity index (χ0) is 14.1. The number of aromatic nitrogens is 1. The second-order valence-corrected chi connectivity index (χ2v) is 5.31. The molecule has 2 N–H and O–H groups in total. The Hall–Kier alpha value is -1.90. The van der Waals surface area contributed by atoms with E-state index in [9.17, 15) is 0 Å². The van der Waals surface area contributed by atoms with Crippen molar-refractivity contribution in [2.24, 2.45) is 5.73 Å². The van der Waals surface area contributed by atoms with Gasteiger partial charge in [0.25, 0.3) is 0 Å². The molecule has 0 spiro atoms. The average molecular weight is 283 g/mol. The van der Waals surface area contributed by atoms with Crippen LogP contribution < -0.4 is 5.73 Å². The Morgan fingerprint density at radius 2 is 1.95 bits per heavy atom. The molecule has 3 rings (SSSR count). The minimum absolute atomic E-state index is 0.207. The van der Waals surface area contributed by atoms with Crippen LogP contribution in [0, 0.1) is 6.92 Å². The van der Waals surface area contributed by atoms with Crippen molar-refractivity contribution >= 4 is 22.5 Å². The molecule has 0 saturated carbocycles. The van der Waals surface area contributed by atoms with Crippen LogP contribution >= 0.6 is 11.6 Å². The quantitative estimate of drug-likeness (QED) is 0.763. The fourth-order valence-electron chi connectivity index (χ4n) is 2.38. The second kappa shape index (κ2) is 5.23. The molecule has 3 heteroatoms. The summed E-state index contributed by atoms with van der Waals surface area (Å²) in [5, 5.41) is 1.83. The minimum atomic E-state index is -0.207. The van der Waals surface area contributed by atoms with E-state index in [1.165, 1.54) is 0 Å². The molecule has 20 heavy (non-hydrogen) atoms. The first-order valence-electron chi connectivity index (χ1n) is 6.52. The number of aryl methyl sites for hydroxylation is 1. The van der Waals surface area contributed by atoms with Crippen molar-refractivity contribution in [2.75, 3.05) is 0 Å². The summed E-state index contributed by atoms with van der Waals surface area (Å²) in [7, 11) is 0. The number of hydrogen-bond acceptors (Lipinski definition) is 2. The summed E-state index contributed by atoms with van der Waals surface area (Å²) in [4.78, 5) is 4.37. The molecule has 100 valence electrons. The largest absolute Gasteiger partial charge is 0.320 e. The van der Waals surface area contributed by atoms with Gasteiger partial charge in [0.15, 0.2) is 0 Å². The number of nitrogens with two attached hydrogens (primary N) is 1. The van der Waals surface area contributed by atoms with Gasteiger partial charge in [0, 0.05) is 16.6 Å². The number of pyridine rings is 1. The third-order valence-electron chi connectivity index (χ3n) is 3.57. The van der Waals surface area contributed by atoms with Gasteiger partial charge in [0.2, 0.25) is 0 Å². The predicted molar refractivity (Wildman–Crippen MR) is 84.0 cm³/mol. The zero-order valence-electron chi connectivity index (χ0n) is 11.2. The third-order valence-corrected chi connectivity index (χ3v) is 3.98. The van der Waals surface area contributed by atoms with E-state index in [2.05, 4.69) is 4.98 Å². The molecule has 0 aliphatic heterocycles. The Labute approximate surface area is 123 Å². The fraction of sp³-hybridized carbons (Fsp3) is 0.118. The summed E-state index contributed by atoms with van der Waals surface area (Å²) < 4.78 is 0. The van der Waals surface area contributed by atoms with E-state index >= 15 is 0 Å². The van der Waals surface area contributed by atoms with Crippen molar-refractivity contribution in [3.8, 4) is 0 Å². The van der Waals surface area contributed by atoms with E-state index in [1.54, 1.807) is 6.20 Å². The molecule has 0 bridgehead atoms. The van der Waals surface area contributed by atoms with Crippen LogP contribution in [0.25, 0.3) is 10.9 Å². The van der Waals surface area contributed by atoms with Gasteiger partial charge >= 0.3 is 0 Å². The van der Waals surface area contributed by atoms with E-state index in [1.807, 2.05) is 55.5 Å². The van der Waals surface area contributed by atoms with Crippen LogP contribution in [0.3, 0.4) is 0 Å². The van der Waals surface area contributed by atoms with Crippen LogP contribution in [0.2, 0.25) is 5.02 Å². The lowest BCUT2D eigenvalue weighted by Crippen LogP contribution is -2.12. The molecule has 1 aromatic heterocycles. The molecular weight excluding hydrogens is 268 g/mol. The molecule has 1 atom stereocenters. The van der Waals surface area contributed by atoms with E-state index in [0.29, 0.717) is 0 Å². The van der Waals surface area contributed by atoms with Gasteiger partial charge in [0.1, 0.15) is 0 Å². The van der Waals surface area contributed by atoms with Gasteiger partial charge < -0.3 is 5.73 Å². The van der Waals surface area contributed by atoms with Gasteiger partial charge in [-0.25, -0.2) is 0 Å². The maximum atomic E-state index is 6.41. The number of halogens is 1. The summed E-state index contributed by atoms with van der Waals surface area (Å²) in [6.07, 6.45) is 1.79. The number of nitrogens with zero attached hydrogens (tertiary/aromatic N) is 1. The van der Waals surface area contributed by atoms with E-state index < -0.39 is 0 Å². The van der Waals surface area contributed by atoms with E-state index in [4.69, 9.17) is 17.3 Å². The SMILES string of the molecule is Cc1ccc(C(N)c2cccc3ncccc23)cc1Cl. The maximum absolute atomic E-state index is 6.41. The van der Waals surface area contributed by atoms with Gasteiger partial charge in [-0.3, -0.25) is 4.98 Å². The average Bonchev–Trinajstić information content (AvgIpc) is 2.49. The molecule has 0 saturated heterocycles. The highest BCUT2D eigenvalue weighted by atomic mass is 35.5. The first-order valence-corrected chi connectivity index (χ1v) is 6.90. The van der Waals surface area contributed by atoms with Crippen LogP contribution in [0.1, 0.15) is 22.7 Å². The van der Waals surface area contributed by atoms with Gasteiger partial charge in [-0.1, -0.05) is 41.9 Å². The normalized spacial score (nSPS) is 12.6. The molecule has 0 amide bonds. The first-order chi connectivity index (χ1) is 9.66. The Balaban J connectivity index is 2.12. The van der Waals surface area contributed by atoms with Crippen molar-refractivity contribution in [3.05, 3.63) is 76.4 Å². The highest BCUT2D eigenvalue weighted by molar-refractivity contribution is 6.31. The maximum Gasteiger partial charge on any atom is 0.0705 e. The van der Waals surface area contributed by atoms with Crippen LogP contribution in [0.5, 0.6) is 0 Å². The smallest absolute Gasteiger partial charge is 0.0705 e. The molecule has 1 heterocycles. The summed E-state index contributed by atoms with van der Waals surface area (Å²) >= 11 is 6.20. The lowest BCUT2D eigenvalue weighted by atomic mass is 9.95. The monoisotopic (exact) mass is 282 g/mol.